The van der Waals surface area contributed by atoms with Crippen LogP contribution < -0.4 is 9.47 Å². The maximum absolute atomic E-state index is 12.6. The van der Waals surface area contributed by atoms with Crippen molar-refractivity contribution in [3.8, 4) is 17.6 Å². The van der Waals surface area contributed by atoms with E-state index >= 15 is 0 Å². The zero-order valence-electron chi connectivity index (χ0n) is 11.7. The Balaban J connectivity index is 2.41. The predicted octanol–water partition coefficient (Wildman–Crippen LogP) is 2.59. The first-order valence-electron chi connectivity index (χ1n) is 6.28. The van der Waals surface area contributed by atoms with E-state index in [-0.39, 0.29) is 5.78 Å². The second kappa shape index (κ2) is 6.53. The number of carbonyl (C=O) groups is 1. The van der Waals surface area contributed by atoms with Gasteiger partial charge < -0.3 is 9.47 Å². The van der Waals surface area contributed by atoms with E-state index in [4.69, 9.17) is 9.47 Å². The number of aromatic nitrogens is 1. The largest absolute Gasteiger partial charge is 0.497 e. The van der Waals surface area contributed by atoms with Crippen LogP contribution in [0.3, 0.4) is 0 Å². The molecule has 5 nitrogen and oxygen atoms in total. The number of carbonyl (C=O) groups excluding carboxylic acids is 1. The molecule has 1 heterocycles. The van der Waals surface area contributed by atoms with Crippen LogP contribution in [0, 0.1) is 11.3 Å². The molecule has 1 atom stereocenters. The number of ketones is 1. The van der Waals surface area contributed by atoms with Crippen molar-refractivity contribution >= 4 is 5.78 Å². The summed E-state index contributed by atoms with van der Waals surface area (Å²) in [5.74, 6) is -0.366. The summed E-state index contributed by atoms with van der Waals surface area (Å²) in [6.07, 6.45) is 1.55. The molecule has 106 valence electrons. The first-order valence-corrected chi connectivity index (χ1v) is 6.28. The topological polar surface area (TPSA) is 72.2 Å². The summed E-state index contributed by atoms with van der Waals surface area (Å²) in [5, 5.41) is 9.30. The number of Topliss-reactive ketones (excluding diaryl/α,β-unsaturated/α-hetero) is 1. The van der Waals surface area contributed by atoms with Crippen molar-refractivity contribution in [3.05, 3.63) is 53.9 Å². The van der Waals surface area contributed by atoms with Gasteiger partial charge in [-0.15, -0.1) is 0 Å². The van der Waals surface area contributed by atoms with Crippen molar-refractivity contribution in [2.24, 2.45) is 0 Å². The molecule has 21 heavy (non-hydrogen) atoms. The van der Waals surface area contributed by atoms with Crippen LogP contribution in [0.5, 0.6) is 11.5 Å². The quantitative estimate of drug-likeness (QED) is 0.788. The highest BCUT2D eigenvalue weighted by Crippen LogP contribution is 2.29. The van der Waals surface area contributed by atoms with Crippen LogP contribution in [0.4, 0.5) is 0 Å². The van der Waals surface area contributed by atoms with Crippen LogP contribution in [0.1, 0.15) is 22.0 Å². The van der Waals surface area contributed by atoms with Crippen molar-refractivity contribution in [2.75, 3.05) is 14.2 Å². The van der Waals surface area contributed by atoms with Crippen molar-refractivity contribution in [3.63, 3.8) is 0 Å². The molecule has 0 amide bonds. The van der Waals surface area contributed by atoms with Crippen molar-refractivity contribution in [1.82, 2.24) is 4.98 Å². The number of ether oxygens (including phenoxy) is 2. The Morgan fingerprint density at radius 2 is 2.05 bits per heavy atom. The number of hydrogen-bond acceptors (Lipinski definition) is 5. The van der Waals surface area contributed by atoms with Gasteiger partial charge in [-0.2, -0.15) is 5.26 Å². The molecule has 0 spiro atoms. The lowest BCUT2D eigenvalue weighted by molar-refractivity contribution is 0.0974. The maximum atomic E-state index is 12.6. The highest BCUT2D eigenvalue weighted by Gasteiger charge is 2.25. The SMILES string of the molecule is COc1ccc(C(=O)[C@@H](C#N)c2ccccn2)c(OC)c1. The Hall–Kier alpha value is -2.87. The minimum atomic E-state index is -0.964. The number of nitriles is 1. The monoisotopic (exact) mass is 282 g/mol. The van der Waals surface area contributed by atoms with Gasteiger partial charge in [0.05, 0.1) is 31.5 Å². The molecular formula is C16H14N2O3. The fourth-order valence-electron chi connectivity index (χ4n) is 1.96. The van der Waals surface area contributed by atoms with Crippen LogP contribution in [-0.4, -0.2) is 25.0 Å². The molecule has 2 rings (SSSR count). The molecule has 2 aromatic rings. The number of nitrogens with zero attached hydrogens (tertiary/aromatic N) is 2. The molecule has 0 aliphatic rings. The van der Waals surface area contributed by atoms with E-state index in [2.05, 4.69) is 4.98 Å². The lowest BCUT2D eigenvalue weighted by Crippen LogP contribution is -2.13. The van der Waals surface area contributed by atoms with E-state index in [9.17, 15) is 10.1 Å². The second-order valence-electron chi connectivity index (χ2n) is 4.25. The van der Waals surface area contributed by atoms with E-state index in [1.165, 1.54) is 14.2 Å². The standard InChI is InChI=1S/C16H14N2O3/c1-20-11-6-7-12(15(9-11)21-2)16(19)13(10-17)14-5-3-4-8-18-14/h3-9,13H,1-2H3/t13-/m0/s1. The molecule has 1 aromatic heterocycles. The molecule has 0 saturated carbocycles. The highest BCUT2D eigenvalue weighted by molar-refractivity contribution is 6.04. The smallest absolute Gasteiger partial charge is 0.189 e. The van der Waals surface area contributed by atoms with Crippen LogP contribution in [0.2, 0.25) is 0 Å². The number of benzene rings is 1. The molecule has 0 radical (unpaired) electrons. The minimum absolute atomic E-state index is 0.329. The minimum Gasteiger partial charge on any atom is -0.497 e. The van der Waals surface area contributed by atoms with E-state index in [1.54, 1.807) is 42.6 Å². The Kier molecular flexibility index (Phi) is 4.52. The van der Waals surface area contributed by atoms with Crippen molar-refractivity contribution < 1.29 is 14.3 Å². The zero-order chi connectivity index (χ0) is 15.2. The molecule has 0 fully saturated rings. The number of rotatable bonds is 5. The lowest BCUT2D eigenvalue weighted by Gasteiger charge is -2.12. The molecule has 5 heteroatoms. The Labute approximate surface area is 122 Å². The van der Waals surface area contributed by atoms with Gasteiger partial charge in [0, 0.05) is 12.3 Å². The maximum Gasteiger partial charge on any atom is 0.189 e. The Bertz CT molecular complexity index is 678. The van der Waals surface area contributed by atoms with Gasteiger partial charge in [-0.05, 0) is 24.3 Å². The normalized spacial score (nSPS) is 11.3. The summed E-state index contributed by atoms with van der Waals surface area (Å²) in [4.78, 5) is 16.6. The predicted molar refractivity (Wildman–Crippen MR) is 76.5 cm³/mol. The lowest BCUT2D eigenvalue weighted by atomic mass is 9.94. The van der Waals surface area contributed by atoms with Crippen LogP contribution in [0.15, 0.2) is 42.6 Å². The Morgan fingerprint density at radius 3 is 2.62 bits per heavy atom. The van der Waals surface area contributed by atoms with Crippen LogP contribution in [0.25, 0.3) is 0 Å². The summed E-state index contributed by atoms with van der Waals surface area (Å²) < 4.78 is 10.3. The summed E-state index contributed by atoms with van der Waals surface area (Å²) in [5.41, 5.74) is 0.748. The summed E-state index contributed by atoms with van der Waals surface area (Å²) in [6, 6.07) is 12.0. The highest BCUT2D eigenvalue weighted by atomic mass is 16.5. The van der Waals surface area contributed by atoms with E-state index in [1.807, 2.05) is 6.07 Å². The second-order valence-corrected chi connectivity index (χ2v) is 4.25. The van der Waals surface area contributed by atoms with E-state index in [0.717, 1.165) is 0 Å². The first kappa shape index (κ1) is 14.5. The molecule has 0 aliphatic carbocycles. The third-order valence-electron chi connectivity index (χ3n) is 3.05. The van der Waals surface area contributed by atoms with Gasteiger partial charge in [-0.25, -0.2) is 0 Å². The molecule has 0 unspecified atom stereocenters. The first-order chi connectivity index (χ1) is 10.2. The van der Waals surface area contributed by atoms with Gasteiger partial charge in [-0.3, -0.25) is 9.78 Å². The third kappa shape index (κ3) is 3.00. The Morgan fingerprint density at radius 1 is 1.24 bits per heavy atom. The third-order valence-corrected chi connectivity index (χ3v) is 3.05. The number of pyridine rings is 1. The number of hydrogen-bond donors (Lipinski definition) is 0. The van der Waals surface area contributed by atoms with Gasteiger partial charge in [0.2, 0.25) is 0 Å². The average Bonchev–Trinajstić information content (AvgIpc) is 2.55. The fraction of sp³-hybridized carbons (Fsp3) is 0.188. The molecular weight excluding hydrogens is 268 g/mol. The summed E-state index contributed by atoms with van der Waals surface area (Å²) in [6.45, 7) is 0. The molecule has 0 saturated heterocycles. The summed E-state index contributed by atoms with van der Waals surface area (Å²) >= 11 is 0. The van der Waals surface area contributed by atoms with E-state index in [0.29, 0.717) is 22.8 Å². The van der Waals surface area contributed by atoms with Crippen LogP contribution in [-0.2, 0) is 0 Å². The van der Waals surface area contributed by atoms with Gasteiger partial charge >= 0.3 is 0 Å². The number of methoxy groups -OCH3 is 2. The molecule has 1 aromatic carbocycles. The van der Waals surface area contributed by atoms with E-state index < -0.39 is 5.92 Å². The summed E-state index contributed by atoms with van der Waals surface area (Å²) in [7, 11) is 3.00. The fourth-order valence-corrected chi connectivity index (χ4v) is 1.96. The van der Waals surface area contributed by atoms with Gasteiger partial charge in [0.15, 0.2) is 11.7 Å². The van der Waals surface area contributed by atoms with Crippen molar-refractivity contribution in [1.29, 1.82) is 5.26 Å². The zero-order valence-corrected chi connectivity index (χ0v) is 11.7. The van der Waals surface area contributed by atoms with Gasteiger partial charge in [0.25, 0.3) is 0 Å². The molecule has 0 bridgehead atoms. The van der Waals surface area contributed by atoms with Gasteiger partial charge in [0.1, 0.15) is 11.5 Å². The van der Waals surface area contributed by atoms with Crippen LogP contribution >= 0.6 is 0 Å². The molecule has 0 N–H and O–H groups in total. The average molecular weight is 282 g/mol. The molecule has 0 aliphatic heterocycles. The van der Waals surface area contributed by atoms with Crippen molar-refractivity contribution in [2.45, 2.75) is 5.92 Å². The van der Waals surface area contributed by atoms with Gasteiger partial charge in [-0.1, -0.05) is 6.07 Å².